The normalized spacial score (nSPS) is 12.1. The van der Waals surface area contributed by atoms with E-state index in [4.69, 9.17) is 0 Å². The number of thiazole rings is 1. The predicted molar refractivity (Wildman–Crippen MR) is 115 cm³/mol. The van der Waals surface area contributed by atoms with Crippen LogP contribution in [-0.2, 0) is 0 Å². The van der Waals surface area contributed by atoms with Crippen LogP contribution in [0.1, 0.15) is 20.3 Å². The number of urea groups is 1. The van der Waals surface area contributed by atoms with Crippen LogP contribution in [0.5, 0.6) is 0 Å². The minimum Gasteiger partial charge on any atom is -0.337 e. The molecule has 7 heteroatoms. The number of para-hydroxylation sites is 1. The fourth-order valence-corrected chi connectivity index (χ4v) is 3.60. The van der Waals surface area contributed by atoms with Crippen LogP contribution in [0.2, 0.25) is 0 Å². The molecule has 0 aliphatic rings. The first-order valence-electron chi connectivity index (χ1n) is 9.19. The lowest BCUT2D eigenvalue weighted by Gasteiger charge is -2.28. The van der Waals surface area contributed by atoms with Gasteiger partial charge in [-0.2, -0.15) is 0 Å². The molecule has 2 aromatic carbocycles. The number of hydrogen-bond donors (Lipinski definition) is 2. The molecule has 0 saturated carbocycles. The minimum atomic E-state index is -0.157. The van der Waals surface area contributed by atoms with E-state index in [2.05, 4.69) is 27.2 Å². The summed E-state index contributed by atoms with van der Waals surface area (Å²) in [5, 5.41) is 4.96. The number of hydrogen-bond acceptors (Lipinski definition) is 4. The highest BCUT2D eigenvalue weighted by Crippen LogP contribution is 2.24. The fourth-order valence-electron chi connectivity index (χ4n) is 3.06. The van der Waals surface area contributed by atoms with Gasteiger partial charge in [-0.15, -0.1) is 11.3 Å². The van der Waals surface area contributed by atoms with Crippen molar-refractivity contribution in [3.05, 3.63) is 59.4 Å². The predicted octanol–water partition coefficient (Wildman–Crippen LogP) is 5.52. The summed E-state index contributed by atoms with van der Waals surface area (Å²) in [6, 6.07) is 15.3. The Labute approximate surface area is 167 Å². The lowest BCUT2D eigenvalue weighted by molar-refractivity contribution is 0.255. The zero-order valence-corrected chi connectivity index (χ0v) is 16.5. The molecule has 28 heavy (non-hydrogen) atoms. The second kappa shape index (κ2) is 7.82. The number of H-pyrrole nitrogens is 1. The number of imidazole rings is 1. The maximum atomic E-state index is 13.0. The molecule has 2 heterocycles. The Bertz CT molecular complexity index is 1070. The van der Waals surface area contributed by atoms with Gasteiger partial charge in [0.05, 0.1) is 16.5 Å². The number of nitrogens with one attached hydrogen (secondary N) is 2. The highest BCUT2D eigenvalue weighted by molar-refractivity contribution is 7.07. The van der Waals surface area contributed by atoms with Crippen molar-refractivity contribution in [2.24, 2.45) is 0 Å². The summed E-state index contributed by atoms with van der Waals surface area (Å²) in [4.78, 5) is 27.0. The molecule has 4 rings (SSSR count). The summed E-state index contributed by atoms with van der Waals surface area (Å²) in [7, 11) is 0. The molecule has 2 aromatic heterocycles. The number of rotatable bonds is 5. The van der Waals surface area contributed by atoms with Crippen LogP contribution in [0.25, 0.3) is 22.6 Å². The molecule has 0 bridgehead atoms. The van der Waals surface area contributed by atoms with E-state index in [-0.39, 0.29) is 12.1 Å². The van der Waals surface area contributed by atoms with Crippen molar-refractivity contribution in [1.82, 2.24) is 15.0 Å². The Kier molecular flexibility index (Phi) is 5.08. The van der Waals surface area contributed by atoms with Gasteiger partial charge < -0.3 is 10.3 Å². The van der Waals surface area contributed by atoms with Crippen molar-refractivity contribution in [3.63, 3.8) is 0 Å². The molecule has 0 aliphatic carbocycles. The number of carbonyl (C=O) groups is 1. The second-order valence-corrected chi connectivity index (χ2v) is 7.30. The van der Waals surface area contributed by atoms with Gasteiger partial charge in [-0.25, -0.2) is 14.8 Å². The molecule has 0 aliphatic heterocycles. The highest BCUT2D eigenvalue weighted by atomic mass is 32.1. The Balaban J connectivity index is 1.60. The number of anilines is 2. The molecule has 2 amide bonds. The Morgan fingerprint density at radius 3 is 2.79 bits per heavy atom. The van der Waals surface area contributed by atoms with Crippen LogP contribution >= 0.6 is 11.3 Å². The van der Waals surface area contributed by atoms with Gasteiger partial charge in [0.15, 0.2) is 5.82 Å². The number of amides is 2. The lowest BCUT2D eigenvalue weighted by Crippen LogP contribution is -2.41. The van der Waals surface area contributed by atoms with Crippen LogP contribution in [0, 0.1) is 0 Å². The average Bonchev–Trinajstić information content (AvgIpc) is 3.38. The quantitative estimate of drug-likeness (QED) is 0.470. The summed E-state index contributed by atoms with van der Waals surface area (Å²) in [5.74, 6) is 0.727. The van der Waals surface area contributed by atoms with Crippen molar-refractivity contribution in [1.29, 1.82) is 0 Å². The van der Waals surface area contributed by atoms with Crippen molar-refractivity contribution < 1.29 is 4.79 Å². The van der Waals surface area contributed by atoms with Gasteiger partial charge >= 0.3 is 6.03 Å². The van der Waals surface area contributed by atoms with Crippen LogP contribution in [-0.4, -0.2) is 27.0 Å². The molecule has 0 fully saturated rings. The van der Waals surface area contributed by atoms with Crippen LogP contribution in [0.4, 0.5) is 16.2 Å². The summed E-state index contributed by atoms with van der Waals surface area (Å²) >= 11 is 1.53. The molecular formula is C21H21N5OS. The molecule has 0 radical (unpaired) electrons. The van der Waals surface area contributed by atoms with Crippen LogP contribution in [0.3, 0.4) is 0 Å². The summed E-state index contributed by atoms with van der Waals surface area (Å²) in [6.07, 6.45) is 0.859. The Hall–Kier alpha value is -3.19. The smallest absolute Gasteiger partial charge is 0.326 e. The zero-order valence-electron chi connectivity index (χ0n) is 15.7. The zero-order chi connectivity index (χ0) is 19.5. The monoisotopic (exact) mass is 391 g/mol. The summed E-state index contributed by atoms with van der Waals surface area (Å²) < 4.78 is 0. The van der Waals surface area contributed by atoms with Crippen LogP contribution in [0.15, 0.2) is 59.4 Å². The van der Waals surface area contributed by atoms with Gasteiger partial charge in [0.25, 0.3) is 0 Å². The van der Waals surface area contributed by atoms with Crippen molar-refractivity contribution in [3.8, 4) is 11.5 Å². The molecule has 6 nitrogen and oxygen atoms in total. The first-order valence-corrected chi connectivity index (χ1v) is 10.1. The van der Waals surface area contributed by atoms with Crippen molar-refractivity contribution >= 4 is 39.8 Å². The largest absolute Gasteiger partial charge is 0.337 e. The third kappa shape index (κ3) is 3.61. The molecule has 1 atom stereocenters. The molecular weight excluding hydrogens is 370 g/mol. The first-order chi connectivity index (χ1) is 13.7. The topological polar surface area (TPSA) is 73.9 Å². The molecule has 2 N–H and O–H groups in total. The molecule has 142 valence electrons. The molecule has 0 spiro atoms. The fraction of sp³-hybridized carbons (Fsp3) is 0.190. The average molecular weight is 392 g/mol. The maximum Gasteiger partial charge on any atom is 0.326 e. The van der Waals surface area contributed by atoms with E-state index in [9.17, 15) is 4.79 Å². The van der Waals surface area contributed by atoms with E-state index in [0.717, 1.165) is 34.7 Å². The SMILES string of the molecule is CCC(C)N(C(=O)Nc1ccc2[nH]c(-c3cscn3)nc2c1)c1ccccc1. The van der Waals surface area contributed by atoms with E-state index in [0.29, 0.717) is 5.69 Å². The van der Waals surface area contributed by atoms with E-state index >= 15 is 0 Å². The summed E-state index contributed by atoms with van der Waals surface area (Å²) in [5.41, 5.74) is 5.87. The third-order valence-corrected chi connectivity index (χ3v) is 5.28. The number of aromatic nitrogens is 3. The van der Waals surface area contributed by atoms with Gasteiger partial charge in [0.2, 0.25) is 0 Å². The van der Waals surface area contributed by atoms with Gasteiger partial charge in [-0.05, 0) is 43.7 Å². The van der Waals surface area contributed by atoms with E-state index < -0.39 is 0 Å². The van der Waals surface area contributed by atoms with Gasteiger partial charge in [-0.1, -0.05) is 25.1 Å². The molecule has 1 unspecified atom stereocenters. The molecule has 4 aromatic rings. The van der Waals surface area contributed by atoms with Gasteiger partial charge in [0.1, 0.15) is 5.69 Å². The Morgan fingerprint density at radius 2 is 2.07 bits per heavy atom. The number of carbonyl (C=O) groups excluding carboxylic acids is 1. The van der Waals surface area contributed by atoms with Crippen molar-refractivity contribution in [2.45, 2.75) is 26.3 Å². The number of nitrogens with zero attached hydrogens (tertiary/aromatic N) is 3. The van der Waals surface area contributed by atoms with E-state index in [1.54, 1.807) is 10.4 Å². The summed E-state index contributed by atoms with van der Waals surface area (Å²) in [6.45, 7) is 4.12. The van der Waals surface area contributed by atoms with E-state index in [1.807, 2.05) is 60.8 Å². The first kappa shape index (κ1) is 18.2. The number of aromatic amines is 1. The molecule has 0 saturated heterocycles. The van der Waals surface area contributed by atoms with Gasteiger partial charge in [0, 0.05) is 22.8 Å². The van der Waals surface area contributed by atoms with Crippen molar-refractivity contribution in [2.75, 3.05) is 10.2 Å². The number of benzene rings is 2. The second-order valence-electron chi connectivity index (χ2n) is 6.58. The Morgan fingerprint density at radius 1 is 1.25 bits per heavy atom. The lowest BCUT2D eigenvalue weighted by atomic mass is 10.2. The third-order valence-electron chi connectivity index (χ3n) is 4.69. The number of fused-ring (bicyclic) bond motifs is 1. The van der Waals surface area contributed by atoms with Gasteiger partial charge in [-0.3, -0.25) is 4.90 Å². The minimum absolute atomic E-state index is 0.0767. The highest BCUT2D eigenvalue weighted by Gasteiger charge is 2.21. The standard InChI is InChI=1S/C21H21N5OS/c1-3-14(2)26(16-7-5-4-6-8-16)21(27)23-15-9-10-17-18(11-15)25-20(24-17)19-12-28-13-22-19/h4-14H,3H2,1-2H3,(H,23,27)(H,24,25). The van der Waals surface area contributed by atoms with E-state index in [1.165, 1.54) is 11.3 Å². The maximum absolute atomic E-state index is 13.0. The van der Waals surface area contributed by atoms with Crippen LogP contribution < -0.4 is 10.2 Å².